The van der Waals surface area contributed by atoms with Crippen molar-refractivity contribution >= 4 is 11.3 Å². The molecule has 0 heterocycles. The fraction of sp³-hybridized carbons (Fsp3) is 0.714. The summed E-state index contributed by atoms with van der Waals surface area (Å²) in [6, 6.07) is 2.49. The first-order chi connectivity index (χ1) is 11.3. The minimum atomic E-state index is -1.56. The fourth-order valence-electron chi connectivity index (χ4n) is 5.95. The molecule has 0 saturated heterocycles. The van der Waals surface area contributed by atoms with Gasteiger partial charge in [0, 0.05) is 0 Å². The zero-order valence-electron chi connectivity index (χ0n) is 16.3. The Morgan fingerprint density at radius 3 is 2.54 bits per heavy atom. The van der Waals surface area contributed by atoms with Crippen LogP contribution in [-0.4, -0.2) is 7.11 Å². The van der Waals surface area contributed by atoms with Crippen molar-refractivity contribution < 1.29 is 28.1 Å². The number of hydrogen-bond donors (Lipinski definition) is 0. The Morgan fingerprint density at radius 1 is 1.25 bits per heavy atom. The number of hydrogen-bond acceptors (Lipinski definition) is 1. The Morgan fingerprint density at radius 2 is 1.96 bits per heavy atom. The number of halogens is 1. The number of rotatable bonds is 3. The zero-order chi connectivity index (χ0) is 17.7. The van der Waals surface area contributed by atoms with E-state index in [4.69, 9.17) is 13.0 Å². The van der Waals surface area contributed by atoms with Crippen LogP contribution >= 0.6 is 8.25 Å². The van der Waals surface area contributed by atoms with E-state index in [0.717, 1.165) is 11.7 Å². The van der Waals surface area contributed by atoms with Crippen molar-refractivity contribution in [2.45, 2.75) is 78.1 Å². The molecular formula is C21H31ClHgO. The van der Waals surface area contributed by atoms with Crippen molar-refractivity contribution in [3.05, 3.63) is 22.8 Å². The predicted octanol–water partition coefficient (Wildman–Crippen LogP) is 5.71. The number of benzene rings is 1. The summed E-state index contributed by atoms with van der Waals surface area (Å²) in [7, 11) is 8.38. The van der Waals surface area contributed by atoms with Crippen LogP contribution in [0.15, 0.2) is 6.07 Å². The van der Waals surface area contributed by atoms with E-state index >= 15 is 0 Å². The Kier molecular flexibility index (Phi) is 5.36. The van der Waals surface area contributed by atoms with Gasteiger partial charge in [0.25, 0.3) is 0 Å². The van der Waals surface area contributed by atoms with E-state index in [1.807, 2.05) is 7.11 Å². The van der Waals surface area contributed by atoms with Gasteiger partial charge in [-0.1, -0.05) is 0 Å². The summed E-state index contributed by atoms with van der Waals surface area (Å²) >= 11 is -1.56. The molecule has 0 bridgehead atoms. The molecule has 0 aliphatic heterocycles. The van der Waals surface area contributed by atoms with E-state index in [9.17, 15) is 0 Å². The molecular weight excluding hydrogens is 504 g/mol. The molecule has 3 rings (SSSR count). The Hall–Kier alpha value is 0.245. The molecule has 3 heteroatoms. The SMILES string of the molecule is COc1[c]([Hg][Cl])cc2c(c1C(C)C)CC[C@H]1C(C)(C)CCC[C@]21C. The van der Waals surface area contributed by atoms with Gasteiger partial charge in [0.2, 0.25) is 0 Å². The van der Waals surface area contributed by atoms with Crippen molar-refractivity contribution in [2.24, 2.45) is 11.3 Å². The van der Waals surface area contributed by atoms with Crippen LogP contribution in [0, 0.1) is 11.3 Å². The maximum absolute atomic E-state index is 6.55. The van der Waals surface area contributed by atoms with E-state index in [1.54, 1.807) is 11.1 Å². The van der Waals surface area contributed by atoms with E-state index in [-0.39, 0.29) is 0 Å². The molecule has 1 aromatic carbocycles. The van der Waals surface area contributed by atoms with E-state index < -0.39 is 23.3 Å². The van der Waals surface area contributed by atoms with Gasteiger partial charge < -0.3 is 0 Å². The molecule has 1 nitrogen and oxygen atoms in total. The van der Waals surface area contributed by atoms with Crippen molar-refractivity contribution in [2.75, 3.05) is 7.11 Å². The zero-order valence-corrected chi connectivity index (χ0v) is 22.5. The third kappa shape index (κ3) is 2.86. The molecule has 1 aromatic rings. The van der Waals surface area contributed by atoms with Gasteiger partial charge >= 0.3 is 164 Å². The molecule has 130 valence electrons. The average molecular weight is 536 g/mol. The number of fused-ring (bicyclic) bond motifs is 3. The summed E-state index contributed by atoms with van der Waals surface area (Å²) < 4.78 is 7.27. The summed E-state index contributed by atoms with van der Waals surface area (Å²) in [6.07, 6.45) is 6.59. The fourth-order valence-corrected chi connectivity index (χ4v) is 10.6. The molecule has 1 saturated carbocycles. The predicted molar refractivity (Wildman–Crippen MR) is 99.4 cm³/mol. The second-order valence-corrected chi connectivity index (χ2v) is 15.5. The molecule has 1 fully saturated rings. The van der Waals surface area contributed by atoms with Crippen molar-refractivity contribution in [1.29, 1.82) is 0 Å². The minimum absolute atomic E-state index is 0.319. The first-order valence-corrected chi connectivity index (χ1v) is 19.1. The molecule has 0 amide bonds. The topological polar surface area (TPSA) is 9.23 Å². The standard InChI is InChI=1S/C21H31O.ClH.Hg/c1-14(2)19-15-8-11-18-20(3,4)12-7-13-21(18,5)16(15)9-10-17(19)22-6;;/h9,14,18H,7-8,11-13H2,1-6H3;1H;/q;;+1/p-1/t18-,21+;;/m0../s1. The van der Waals surface area contributed by atoms with Crippen LogP contribution in [0.25, 0.3) is 0 Å². The summed E-state index contributed by atoms with van der Waals surface area (Å²) in [5, 5.41) is 0. The molecule has 0 spiro atoms. The second kappa shape index (κ2) is 6.76. The van der Waals surface area contributed by atoms with Crippen LogP contribution in [0.2, 0.25) is 0 Å². The summed E-state index contributed by atoms with van der Waals surface area (Å²) in [6.45, 7) is 12.2. The molecule has 2 aliphatic carbocycles. The van der Waals surface area contributed by atoms with E-state index in [1.165, 1.54) is 40.7 Å². The third-order valence-corrected chi connectivity index (χ3v) is 12.6. The maximum atomic E-state index is 6.55. The van der Waals surface area contributed by atoms with Gasteiger partial charge in [-0.3, -0.25) is 0 Å². The number of ether oxygens (including phenoxy) is 1. The molecule has 0 N–H and O–H groups in total. The van der Waals surface area contributed by atoms with E-state index in [0.29, 0.717) is 16.7 Å². The first kappa shape index (κ1) is 19.0. The first-order valence-electron chi connectivity index (χ1n) is 9.55. The normalized spacial score (nSPS) is 28.1. The van der Waals surface area contributed by atoms with Crippen LogP contribution < -0.4 is 7.81 Å². The van der Waals surface area contributed by atoms with Crippen LogP contribution in [0.4, 0.5) is 0 Å². The molecule has 0 radical (unpaired) electrons. The third-order valence-electron chi connectivity index (χ3n) is 6.96. The summed E-state index contributed by atoms with van der Waals surface area (Å²) in [4.78, 5) is 0. The molecule has 2 atom stereocenters. The molecule has 0 unspecified atom stereocenters. The van der Waals surface area contributed by atoms with Gasteiger partial charge in [0.15, 0.2) is 0 Å². The van der Waals surface area contributed by atoms with Gasteiger partial charge in [0.05, 0.1) is 0 Å². The molecule has 0 aromatic heterocycles. The van der Waals surface area contributed by atoms with Crippen LogP contribution in [0.3, 0.4) is 0 Å². The second-order valence-electron chi connectivity index (χ2n) is 9.15. The van der Waals surface area contributed by atoms with Gasteiger partial charge in [0.1, 0.15) is 0 Å². The van der Waals surface area contributed by atoms with E-state index in [2.05, 4.69) is 40.7 Å². The number of methoxy groups -OCH3 is 1. The van der Waals surface area contributed by atoms with Gasteiger partial charge in [-0.05, 0) is 0 Å². The Balaban J connectivity index is 2.25. The van der Waals surface area contributed by atoms with Crippen LogP contribution in [0.1, 0.15) is 82.9 Å². The van der Waals surface area contributed by atoms with Crippen molar-refractivity contribution in [3.8, 4) is 5.75 Å². The molecule has 2 aliphatic rings. The van der Waals surface area contributed by atoms with Crippen LogP contribution in [-0.2, 0) is 35.2 Å². The van der Waals surface area contributed by atoms with Gasteiger partial charge in [-0.15, -0.1) is 0 Å². The van der Waals surface area contributed by atoms with Crippen molar-refractivity contribution in [1.82, 2.24) is 0 Å². The molecule has 24 heavy (non-hydrogen) atoms. The summed E-state index contributed by atoms with van der Waals surface area (Å²) in [5.41, 5.74) is 5.47. The van der Waals surface area contributed by atoms with Crippen LogP contribution in [0.5, 0.6) is 5.75 Å². The van der Waals surface area contributed by atoms with Gasteiger partial charge in [-0.2, -0.15) is 0 Å². The van der Waals surface area contributed by atoms with Gasteiger partial charge in [-0.25, -0.2) is 0 Å². The Bertz CT molecular complexity index is 637. The monoisotopic (exact) mass is 536 g/mol. The Labute approximate surface area is 163 Å². The summed E-state index contributed by atoms with van der Waals surface area (Å²) in [5.74, 6) is 2.43. The quantitative estimate of drug-likeness (QED) is 0.451. The average Bonchev–Trinajstić information content (AvgIpc) is 2.51. The van der Waals surface area contributed by atoms with Crippen molar-refractivity contribution in [3.63, 3.8) is 0 Å².